The van der Waals surface area contributed by atoms with Crippen LogP contribution < -0.4 is 15.2 Å². The summed E-state index contributed by atoms with van der Waals surface area (Å²) in [4.78, 5) is 3.00. The number of methoxy groups -OCH3 is 1. The van der Waals surface area contributed by atoms with E-state index in [4.69, 9.17) is 5.73 Å². The zero-order chi connectivity index (χ0) is 14.8. The van der Waals surface area contributed by atoms with E-state index in [-0.39, 0.29) is 0 Å². The highest BCUT2D eigenvalue weighted by molar-refractivity contribution is 5.48. The Kier molecular flexibility index (Phi) is 4.13. The molecule has 0 aliphatic heterocycles. The van der Waals surface area contributed by atoms with E-state index < -0.39 is 41.8 Å². The number of halogens is 6. The standard InChI is InChI=1S/C9H8F6N2O2/c1-18-5-3-17-7(8(10,11)12)4(2-16)6(5)19-9(13,14)15/h3H,2,16H2,1H3. The van der Waals surface area contributed by atoms with Crippen molar-refractivity contribution in [3.63, 3.8) is 0 Å². The lowest BCUT2D eigenvalue weighted by molar-refractivity contribution is -0.275. The molecule has 19 heavy (non-hydrogen) atoms. The summed E-state index contributed by atoms with van der Waals surface area (Å²) in [6.45, 7) is -0.843. The van der Waals surface area contributed by atoms with Gasteiger partial charge in [0.05, 0.1) is 13.3 Å². The fourth-order valence-corrected chi connectivity index (χ4v) is 1.32. The molecule has 1 rings (SSSR count). The highest BCUT2D eigenvalue weighted by Gasteiger charge is 2.40. The summed E-state index contributed by atoms with van der Waals surface area (Å²) in [5.41, 5.74) is 2.57. The quantitative estimate of drug-likeness (QED) is 0.869. The van der Waals surface area contributed by atoms with Gasteiger partial charge in [-0.15, -0.1) is 13.2 Å². The minimum absolute atomic E-state index is 0.489. The van der Waals surface area contributed by atoms with E-state index in [0.29, 0.717) is 6.20 Å². The van der Waals surface area contributed by atoms with Crippen molar-refractivity contribution in [2.75, 3.05) is 7.11 Å². The summed E-state index contributed by atoms with van der Waals surface area (Å²) >= 11 is 0. The first-order valence-electron chi connectivity index (χ1n) is 4.69. The van der Waals surface area contributed by atoms with Gasteiger partial charge < -0.3 is 15.2 Å². The Morgan fingerprint density at radius 1 is 1.21 bits per heavy atom. The van der Waals surface area contributed by atoms with Crippen molar-refractivity contribution in [2.24, 2.45) is 5.73 Å². The largest absolute Gasteiger partial charge is 0.573 e. The molecule has 0 aromatic carbocycles. The highest BCUT2D eigenvalue weighted by Crippen LogP contribution is 2.41. The minimum atomic E-state index is -5.18. The summed E-state index contributed by atoms with van der Waals surface area (Å²) < 4.78 is 82.3. The highest BCUT2D eigenvalue weighted by atomic mass is 19.4. The molecule has 0 bridgehead atoms. The van der Waals surface area contributed by atoms with Gasteiger partial charge in [0, 0.05) is 12.1 Å². The van der Waals surface area contributed by atoms with Crippen LogP contribution in [0.4, 0.5) is 26.3 Å². The Hall–Kier alpha value is -1.71. The number of pyridine rings is 1. The van der Waals surface area contributed by atoms with Gasteiger partial charge in [0.15, 0.2) is 17.2 Å². The number of ether oxygens (including phenoxy) is 2. The van der Waals surface area contributed by atoms with E-state index in [1.54, 1.807) is 0 Å². The van der Waals surface area contributed by atoms with Crippen molar-refractivity contribution in [1.82, 2.24) is 4.98 Å². The first-order valence-corrected chi connectivity index (χ1v) is 4.69. The predicted molar refractivity (Wildman–Crippen MR) is 50.4 cm³/mol. The first kappa shape index (κ1) is 15.3. The van der Waals surface area contributed by atoms with Gasteiger partial charge in [0.1, 0.15) is 0 Å². The second kappa shape index (κ2) is 5.11. The van der Waals surface area contributed by atoms with Crippen molar-refractivity contribution in [2.45, 2.75) is 19.1 Å². The summed E-state index contributed by atoms with van der Waals surface area (Å²) in [6.07, 6.45) is -9.64. The number of hydrogen-bond donors (Lipinski definition) is 1. The van der Waals surface area contributed by atoms with Crippen molar-refractivity contribution < 1.29 is 35.8 Å². The molecule has 1 aromatic heterocycles. The third kappa shape index (κ3) is 3.63. The Labute approximate surface area is 103 Å². The number of alkyl halides is 6. The van der Waals surface area contributed by atoms with Gasteiger partial charge in [-0.05, 0) is 0 Å². The minimum Gasteiger partial charge on any atom is -0.491 e. The molecule has 0 atom stereocenters. The molecule has 0 saturated heterocycles. The second-order valence-electron chi connectivity index (χ2n) is 3.23. The van der Waals surface area contributed by atoms with E-state index in [9.17, 15) is 26.3 Å². The zero-order valence-corrected chi connectivity index (χ0v) is 9.39. The molecule has 0 aliphatic carbocycles. The van der Waals surface area contributed by atoms with Crippen LogP contribution in [0, 0.1) is 0 Å². The molecule has 0 spiro atoms. The molecular formula is C9H8F6N2O2. The summed E-state index contributed by atoms with van der Waals surface area (Å²) in [5.74, 6) is -1.73. The predicted octanol–water partition coefficient (Wildman–Crippen LogP) is 2.47. The van der Waals surface area contributed by atoms with Crippen LogP contribution in [0.1, 0.15) is 11.3 Å². The second-order valence-corrected chi connectivity index (χ2v) is 3.23. The molecule has 0 saturated carbocycles. The molecule has 2 N–H and O–H groups in total. The van der Waals surface area contributed by atoms with Crippen LogP contribution in [-0.2, 0) is 12.7 Å². The van der Waals surface area contributed by atoms with Gasteiger partial charge in [-0.3, -0.25) is 0 Å². The molecule has 1 aromatic rings. The molecule has 108 valence electrons. The maximum atomic E-state index is 12.6. The van der Waals surface area contributed by atoms with E-state index in [0.717, 1.165) is 7.11 Å². The van der Waals surface area contributed by atoms with Gasteiger partial charge in [-0.2, -0.15) is 13.2 Å². The molecule has 1 heterocycles. The van der Waals surface area contributed by atoms with E-state index in [1.165, 1.54) is 0 Å². The molecule has 0 radical (unpaired) electrons. The van der Waals surface area contributed by atoms with Crippen LogP contribution in [0.3, 0.4) is 0 Å². The molecule has 0 fully saturated rings. The molecular weight excluding hydrogens is 282 g/mol. The zero-order valence-electron chi connectivity index (χ0n) is 9.39. The topological polar surface area (TPSA) is 57.4 Å². The van der Waals surface area contributed by atoms with Gasteiger partial charge in [-0.25, -0.2) is 4.98 Å². The Balaban J connectivity index is 3.46. The Morgan fingerprint density at radius 3 is 2.16 bits per heavy atom. The average Bonchev–Trinajstić information content (AvgIpc) is 2.25. The summed E-state index contributed by atoms with van der Waals surface area (Å²) in [6, 6.07) is 0. The molecule has 0 unspecified atom stereocenters. The van der Waals surface area contributed by atoms with Gasteiger partial charge in [0.2, 0.25) is 0 Å². The number of nitrogens with two attached hydrogens (primary N) is 1. The molecule has 4 nitrogen and oxygen atoms in total. The lowest BCUT2D eigenvalue weighted by Crippen LogP contribution is -2.22. The van der Waals surface area contributed by atoms with Crippen molar-refractivity contribution >= 4 is 0 Å². The fraction of sp³-hybridized carbons (Fsp3) is 0.444. The van der Waals surface area contributed by atoms with Gasteiger partial charge >= 0.3 is 12.5 Å². The maximum absolute atomic E-state index is 12.6. The first-order chi connectivity index (χ1) is 8.60. The number of nitrogens with zero attached hydrogens (tertiary/aromatic N) is 1. The van der Waals surface area contributed by atoms with Gasteiger partial charge in [-0.1, -0.05) is 0 Å². The monoisotopic (exact) mass is 290 g/mol. The van der Waals surface area contributed by atoms with Crippen LogP contribution in [-0.4, -0.2) is 18.5 Å². The maximum Gasteiger partial charge on any atom is 0.573 e. The third-order valence-electron chi connectivity index (χ3n) is 2.00. The van der Waals surface area contributed by atoms with Gasteiger partial charge in [0.25, 0.3) is 0 Å². The van der Waals surface area contributed by atoms with Crippen LogP contribution >= 0.6 is 0 Å². The van der Waals surface area contributed by atoms with E-state index >= 15 is 0 Å². The summed E-state index contributed by atoms with van der Waals surface area (Å²) in [5, 5.41) is 0. The third-order valence-corrected chi connectivity index (χ3v) is 2.00. The lowest BCUT2D eigenvalue weighted by Gasteiger charge is -2.18. The Morgan fingerprint density at radius 2 is 1.79 bits per heavy atom. The van der Waals surface area contributed by atoms with Crippen LogP contribution in [0.2, 0.25) is 0 Å². The molecule has 10 heteroatoms. The van der Waals surface area contributed by atoms with Crippen LogP contribution in [0.15, 0.2) is 6.20 Å². The number of hydrogen-bond acceptors (Lipinski definition) is 4. The smallest absolute Gasteiger partial charge is 0.491 e. The number of aromatic nitrogens is 1. The van der Waals surface area contributed by atoms with Crippen LogP contribution in [0.25, 0.3) is 0 Å². The van der Waals surface area contributed by atoms with E-state index in [1.807, 2.05) is 0 Å². The molecule has 0 amide bonds. The molecule has 0 aliphatic rings. The fourth-order valence-electron chi connectivity index (χ4n) is 1.32. The SMILES string of the molecule is COc1cnc(C(F)(F)F)c(CN)c1OC(F)(F)F. The van der Waals surface area contributed by atoms with Crippen molar-refractivity contribution in [3.05, 3.63) is 17.5 Å². The lowest BCUT2D eigenvalue weighted by atomic mass is 10.1. The number of rotatable bonds is 3. The van der Waals surface area contributed by atoms with Crippen molar-refractivity contribution in [3.8, 4) is 11.5 Å². The Bertz CT molecular complexity index is 457. The van der Waals surface area contributed by atoms with Crippen molar-refractivity contribution in [1.29, 1.82) is 0 Å². The van der Waals surface area contributed by atoms with Crippen LogP contribution in [0.5, 0.6) is 11.5 Å². The normalized spacial score (nSPS) is 12.4. The average molecular weight is 290 g/mol. The van der Waals surface area contributed by atoms with E-state index in [2.05, 4.69) is 14.5 Å². The summed E-state index contributed by atoms with van der Waals surface area (Å²) in [7, 11) is 0.966.